The fourth-order valence-corrected chi connectivity index (χ4v) is 7.78. The monoisotopic (exact) mass is 691 g/mol. The summed E-state index contributed by atoms with van der Waals surface area (Å²) >= 11 is 0. The molecule has 1 aliphatic heterocycles. The maximum atomic E-state index is 15.4. The number of nitrogen functional groups attached to an aromatic ring is 1. The van der Waals surface area contributed by atoms with Gasteiger partial charge in [0.2, 0.25) is 5.60 Å². The second kappa shape index (κ2) is 13.8. The number of benzene rings is 1. The summed E-state index contributed by atoms with van der Waals surface area (Å²) in [6, 6.07) is 9.85. The van der Waals surface area contributed by atoms with Crippen LogP contribution in [0.2, 0.25) is 0 Å². The van der Waals surface area contributed by atoms with Crippen LogP contribution in [0.3, 0.4) is 0 Å². The Morgan fingerprint density at radius 2 is 1.83 bits per heavy atom. The van der Waals surface area contributed by atoms with E-state index in [0.29, 0.717) is 5.52 Å². The number of ether oxygens (including phenoxy) is 4. The first kappa shape index (κ1) is 35.2. The van der Waals surface area contributed by atoms with E-state index < -0.39 is 67.9 Å². The first-order valence-corrected chi connectivity index (χ1v) is 17.0. The van der Waals surface area contributed by atoms with Gasteiger partial charge in [0.15, 0.2) is 23.6 Å². The minimum Gasteiger partial charge on any atom is -0.464 e. The Morgan fingerprint density at radius 1 is 1.12 bits per heavy atom. The quantitative estimate of drug-likeness (QED) is 0.133. The number of fused-ring (bicyclic) bond motifs is 2. The average Bonchev–Trinajstić information content (AvgIpc) is 3.29. The van der Waals surface area contributed by atoms with Crippen molar-refractivity contribution in [1.29, 1.82) is 0 Å². The van der Waals surface area contributed by atoms with Crippen LogP contribution < -0.4 is 15.3 Å². The maximum absolute atomic E-state index is 15.4. The van der Waals surface area contributed by atoms with E-state index in [4.69, 9.17) is 33.7 Å². The first-order chi connectivity index (χ1) is 22.8. The van der Waals surface area contributed by atoms with Crippen LogP contribution >= 0.6 is 7.75 Å². The lowest BCUT2D eigenvalue weighted by atomic mass is 10.0. The number of alkyl halides is 1. The van der Waals surface area contributed by atoms with E-state index in [1.165, 1.54) is 29.9 Å². The third kappa shape index (κ3) is 6.37. The Morgan fingerprint density at radius 3 is 2.46 bits per heavy atom. The number of hydrogen-bond donors (Lipinski definition) is 2. The van der Waals surface area contributed by atoms with Gasteiger partial charge in [-0.05, 0) is 37.1 Å². The molecule has 15 nitrogen and oxygen atoms in total. The second-order valence-electron chi connectivity index (χ2n) is 11.7. The van der Waals surface area contributed by atoms with Crippen LogP contribution in [0.5, 0.6) is 5.75 Å². The van der Waals surface area contributed by atoms with Gasteiger partial charge in [-0.1, -0.05) is 44.9 Å². The maximum Gasteiger partial charge on any atom is 0.459 e. The second-order valence-corrected chi connectivity index (χ2v) is 13.4. The van der Waals surface area contributed by atoms with Crippen molar-refractivity contribution in [2.24, 2.45) is 5.92 Å². The molecule has 48 heavy (non-hydrogen) atoms. The van der Waals surface area contributed by atoms with E-state index >= 15 is 4.39 Å². The number of hydrogen-bond acceptors (Lipinski definition) is 13. The summed E-state index contributed by atoms with van der Waals surface area (Å²) in [6.45, 7) is 6.35. The molecule has 0 bridgehead atoms. The third-order valence-corrected chi connectivity index (χ3v) is 10.2. The molecule has 5 rings (SSSR count). The molecule has 3 heterocycles. The van der Waals surface area contributed by atoms with Gasteiger partial charge in [0, 0.05) is 13.8 Å². The summed E-state index contributed by atoms with van der Waals surface area (Å²) in [5.41, 5.74) is 2.36. The van der Waals surface area contributed by atoms with Gasteiger partial charge in [-0.15, -0.1) is 0 Å². The minimum absolute atomic E-state index is 0.0832. The Balaban J connectivity index is 1.52. The van der Waals surface area contributed by atoms with Gasteiger partial charge in [0.25, 0.3) is 0 Å². The number of carbonyl (C=O) groups is 3. The summed E-state index contributed by atoms with van der Waals surface area (Å²) in [5, 5.41) is 6.77. The van der Waals surface area contributed by atoms with Crippen LogP contribution in [0.15, 0.2) is 48.8 Å². The van der Waals surface area contributed by atoms with Gasteiger partial charge in [0.05, 0.1) is 12.3 Å². The van der Waals surface area contributed by atoms with Crippen LogP contribution in [-0.4, -0.2) is 75.2 Å². The number of anilines is 1. The Hall–Kier alpha value is -4.11. The van der Waals surface area contributed by atoms with Crippen molar-refractivity contribution < 1.29 is 51.3 Å². The van der Waals surface area contributed by atoms with Crippen molar-refractivity contribution in [2.45, 2.75) is 83.0 Å². The zero-order chi connectivity index (χ0) is 34.9. The standard InChI is InChI=1S/C31H39FN5O10P/c1-6-21(7-2)15-42-28(40)18(3)36-48(41,46-22-11-9-8-10-12-22)47-29-30(16-32)31(29,44-20(5)39)26(43-19(4)38)25(45-30)23-13-14-24-27(33)34-17-35-37(23)24/h8-14,17-18,21,25-26,29H,6-7,15-16H2,1-5H3,(H,36,41)(H2,33,34,35)/t18-,25-,26-,29?,30+,31+,48?/m0/s1. The SMILES string of the molecule is CCC(CC)COC(=O)[C@H](C)NP(=O)(Oc1ccccc1)OC1[C@@]2(CF)O[C@@H](c3ccc4c(N)ncnn34)[C@H](OC(C)=O)[C@@]12OC(C)=O. The van der Waals surface area contributed by atoms with Crippen LogP contribution in [0.4, 0.5) is 10.2 Å². The number of carbonyl (C=O) groups excluding carboxylic acids is 3. The van der Waals surface area contributed by atoms with Gasteiger partial charge in [-0.3, -0.25) is 18.9 Å². The van der Waals surface area contributed by atoms with E-state index in [2.05, 4.69) is 15.2 Å². The molecule has 3 aromatic rings. The zero-order valence-corrected chi connectivity index (χ0v) is 28.1. The van der Waals surface area contributed by atoms with E-state index in [-0.39, 0.29) is 29.8 Å². The fourth-order valence-electron chi connectivity index (χ4n) is 6.04. The average molecular weight is 692 g/mol. The van der Waals surface area contributed by atoms with E-state index in [1.54, 1.807) is 30.3 Å². The molecule has 2 unspecified atom stereocenters. The smallest absolute Gasteiger partial charge is 0.459 e. The zero-order valence-electron chi connectivity index (χ0n) is 27.2. The van der Waals surface area contributed by atoms with Crippen molar-refractivity contribution in [1.82, 2.24) is 19.7 Å². The van der Waals surface area contributed by atoms with Crippen LogP contribution in [-0.2, 0) is 42.4 Å². The Bertz CT molecular complexity index is 1710. The fraction of sp³-hybridized carbons (Fsp3) is 0.516. The molecule has 1 aromatic carbocycles. The predicted molar refractivity (Wildman–Crippen MR) is 167 cm³/mol. The van der Waals surface area contributed by atoms with Gasteiger partial charge in [-0.2, -0.15) is 10.2 Å². The van der Waals surface area contributed by atoms with Crippen molar-refractivity contribution in [3.63, 3.8) is 0 Å². The highest BCUT2D eigenvalue weighted by molar-refractivity contribution is 7.52. The molecule has 2 fully saturated rings. The number of para-hydroxylation sites is 1. The van der Waals surface area contributed by atoms with Crippen LogP contribution in [0, 0.1) is 5.92 Å². The van der Waals surface area contributed by atoms with Crippen LogP contribution in [0.25, 0.3) is 5.52 Å². The van der Waals surface area contributed by atoms with Gasteiger partial charge < -0.3 is 29.2 Å². The molecule has 0 amide bonds. The third-order valence-electron chi connectivity index (χ3n) is 8.57. The molecule has 0 spiro atoms. The lowest BCUT2D eigenvalue weighted by molar-refractivity contribution is -0.174. The molecular formula is C31H39FN5O10P. The molecule has 0 radical (unpaired) electrons. The highest BCUT2D eigenvalue weighted by atomic mass is 31.2. The molecule has 1 saturated carbocycles. The molecule has 260 valence electrons. The summed E-state index contributed by atoms with van der Waals surface area (Å²) in [6.07, 6.45) is -1.66. The minimum atomic E-state index is -4.66. The Labute approximate surface area is 276 Å². The number of nitrogens with two attached hydrogens (primary N) is 1. The van der Waals surface area contributed by atoms with E-state index in [0.717, 1.165) is 26.7 Å². The van der Waals surface area contributed by atoms with Gasteiger partial charge in [-0.25, -0.2) is 18.5 Å². The number of rotatable bonds is 15. The van der Waals surface area contributed by atoms with Crippen LogP contribution in [0.1, 0.15) is 59.3 Å². The molecule has 1 aliphatic carbocycles. The summed E-state index contributed by atoms with van der Waals surface area (Å²) in [7, 11) is -4.66. The molecular weight excluding hydrogens is 652 g/mol. The molecule has 17 heteroatoms. The first-order valence-electron chi connectivity index (χ1n) is 15.5. The molecule has 7 atom stereocenters. The molecule has 1 saturated heterocycles. The topological polar surface area (TPSA) is 192 Å². The number of nitrogens with one attached hydrogen (secondary N) is 1. The van der Waals surface area contributed by atoms with Gasteiger partial charge >= 0.3 is 25.7 Å². The summed E-state index contributed by atoms with van der Waals surface area (Å²) in [5.74, 6) is -2.09. The summed E-state index contributed by atoms with van der Waals surface area (Å²) in [4.78, 5) is 42.0. The predicted octanol–water partition coefficient (Wildman–Crippen LogP) is 3.87. The lowest BCUT2D eigenvalue weighted by Crippen LogP contribution is -2.43. The van der Waals surface area contributed by atoms with Crippen molar-refractivity contribution in [3.8, 4) is 5.75 Å². The molecule has 2 aliphatic rings. The number of aromatic nitrogens is 3. The molecule has 3 N–H and O–H groups in total. The van der Waals surface area contributed by atoms with Gasteiger partial charge in [0.1, 0.15) is 36.4 Å². The molecule has 2 aromatic heterocycles. The van der Waals surface area contributed by atoms with E-state index in [9.17, 15) is 18.9 Å². The number of esters is 3. The summed E-state index contributed by atoms with van der Waals surface area (Å²) < 4.78 is 66.2. The highest BCUT2D eigenvalue weighted by Gasteiger charge is 2.94. The normalized spacial score (nSPS) is 26.4. The van der Waals surface area contributed by atoms with Crippen molar-refractivity contribution in [3.05, 3.63) is 54.5 Å². The number of nitrogens with zero attached hydrogens (tertiary/aromatic N) is 3. The Kier molecular flexibility index (Phi) is 10.1. The largest absolute Gasteiger partial charge is 0.464 e. The van der Waals surface area contributed by atoms with Crippen molar-refractivity contribution >= 4 is 37.0 Å². The van der Waals surface area contributed by atoms with Crippen molar-refractivity contribution in [2.75, 3.05) is 19.0 Å². The number of halogens is 1. The lowest BCUT2D eigenvalue weighted by Gasteiger charge is -2.30. The van der Waals surface area contributed by atoms with E-state index in [1.807, 2.05) is 13.8 Å². The highest BCUT2D eigenvalue weighted by Crippen LogP contribution is 2.71.